The van der Waals surface area contributed by atoms with Gasteiger partial charge in [0.15, 0.2) is 6.61 Å². The van der Waals surface area contributed by atoms with Crippen LogP contribution in [0.5, 0.6) is 0 Å². The Balaban J connectivity index is 1.95. The Morgan fingerprint density at radius 2 is 1.80 bits per heavy atom. The van der Waals surface area contributed by atoms with E-state index in [4.69, 9.17) is 14.6 Å². The van der Waals surface area contributed by atoms with Crippen LogP contribution in [0.15, 0.2) is 60.7 Å². The number of halogens is 1. The average molecular weight is 494 g/mol. The fraction of sp³-hybridized carbons (Fsp3) is 0.259. The first-order valence-electron chi connectivity index (χ1n) is 11.1. The van der Waals surface area contributed by atoms with Crippen molar-refractivity contribution in [1.29, 1.82) is 0 Å². The fourth-order valence-corrected chi connectivity index (χ4v) is 4.23. The molecule has 35 heavy (non-hydrogen) atoms. The predicted octanol–water partition coefficient (Wildman–Crippen LogP) is 5.62. The van der Waals surface area contributed by atoms with E-state index >= 15 is 0 Å². The van der Waals surface area contributed by atoms with E-state index in [2.05, 4.69) is 11.8 Å². The van der Waals surface area contributed by atoms with Crippen molar-refractivity contribution in [3.8, 4) is 34.4 Å². The molecule has 8 heteroatoms. The molecule has 0 amide bonds. The highest BCUT2D eigenvalue weighted by Crippen LogP contribution is 2.32. The lowest BCUT2D eigenvalue weighted by atomic mass is 9.92. The number of benzene rings is 2. The number of aromatic nitrogens is 1. The Morgan fingerprint density at radius 1 is 1.11 bits per heavy atom. The fourth-order valence-electron chi connectivity index (χ4n) is 3.44. The molecule has 3 rings (SSSR count). The third-order valence-corrected chi connectivity index (χ3v) is 6.26. The van der Waals surface area contributed by atoms with Crippen LogP contribution >= 0.6 is 8.03 Å². The molecule has 0 fully saturated rings. The molecule has 180 valence electrons. The van der Waals surface area contributed by atoms with Gasteiger partial charge in [-0.3, -0.25) is 4.79 Å². The van der Waals surface area contributed by atoms with Crippen LogP contribution in [-0.4, -0.2) is 40.0 Å². The number of carboxylic acids is 1. The summed E-state index contributed by atoms with van der Waals surface area (Å²) in [5.74, 6) is 4.50. The molecular weight excluding hydrogens is 468 g/mol. The number of pyridine rings is 1. The first kappa shape index (κ1) is 26.2. The van der Waals surface area contributed by atoms with Gasteiger partial charge in [0.05, 0.1) is 23.4 Å². The Labute approximate surface area is 204 Å². The molecule has 0 aliphatic heterocycles. The number of rotatable bonds is 9. The van der Waals surface area contributed by atoms with Crippen LogP contribution in [0.25, 0.3) is 22.5 Å². The third-order valence-electron chi connectivity index (χ3n) is 5.12. The minimum Gasteiger partial charge on any atom is -0.481 e. The van der Waals surface area contributed by atoms with Crippen molar-refractivity contribution in [2.75, 3.05) is 12.8 Å². The molecule has 2 aromatic carbocycles. The van der Waals surface area contributed by atoms with Gasteiger partial charge in [0.25, 0.3) is 0 Å². The van der Waals surface area contributed by atoms with Crippen molar-refractivity contribution < 1.29 is 28.5 Å². The SMILES string of the molecule is CC(C)c1cc(-c2ccccc2)nc(-c2ccc(F)cc2)c1C#CCO[P+](=O)C[C@@H](O)CC(=O)O. The lowest BCUT2D eigenvalue weighted by Gasteiger charge is -2.16. The lowest BCUT2D eigenvalue weighted by molar-refractivity contribution is -0.138. The van der Waals surface area contributed by atoms with E-state index < -0.39 is 26.5 Å². The van der Waals surface area contributed by atoms with E-state index in [1.165, 1.54) is 12.1 Å². The summed E-state index contributed by atoms with van der Waals surface area (Å²) < 4.78 is 30.8. The molecule has 0 aliphatic rings. The zero-order valence-electron chi connectivity index (χ0n) is 19.4. The summed E-state index contributed by atoms with van der Waals surface area (Å²) >= 11 is 0. The van der Waals surface area contributed by atoms with E-state index in [9.17, 15) is 18.9 Å². The largest absolute Gasteiger partial charge is 0.511 e. The Morgan fingerprint density at radius 3 is 2.43 bits per heavy atom. The van der Waals surface area contributed by atoms with E-state index in [1.807, 2.05) is 50.2 Å². The number of carbonyl (C=O) groups is 1. The number of nitrogens with zero attached hydrogens (tertiary/aromatic N) is 1. The molecule has 0 aliphatic carbocycles. The molecule has 2 N–H and O–H groups in total. The van der Waals surface area contributed by atoms with Crippen LogP contribution in [0.3, 0.4) is 0 Å². The molecule has 1 unspecified atom stereocenters. The number of hydrogen-bond donors (Lipinski definition) is 2. The zero-order chi connectivity index (χ0) is 25.4. The molecular formula is C27H26FNO5P+. The summed E-state index contributed by atoms with van der Waals surface area (Å²) in [5.41, 5.74) is 4.63. The van der Waals surface area contributed by atoms with Crippen molar-refractivity contribution in [1.82, 2.24) is 4.98 Å². The van der Waals surface area contributed by atoms with Crippen LogP contribution in [0.1, 0.15) is 37.3 Å². The molecule has 1 aromatic heterocycles. The van der Waals surface area contributed by atoms with Crippen LogP contribution in [0, 0.1) is 17.7 Å². The second kappa shape index (κ2) is 12.3. The van der Waals surface area contributed by atoms with Gasteiger partial charge in [-0.15, -0.1) is 4.52 Å². The average Bonchev–Trinajstić information content (AvgIpc) is 2.82. The minimum absolute atomic E-state index is 0.104. The maximum atomic E-state index is 13.6. The second-order valence-electron chi connectivity index (χ2n) is 8.19. The van der Waals surface area contributed by atoms with E-state index in [-0.39, 0.29) is 24.5 Å². The lowest BCUT2D eigenvalue weighted by Crippen LogP contribution is -2.15. The quantitative estimate of drug-likeness (QED) is 0.296. The van der Waals surface area contributed by atoms with Crippen LogP contribution in [-0.2, 0) is 13.9 Å². The third kappa shape index (κ3) is 7.53. The molecule has 1 heterocycles. The highest BCUT2D eigenvalue weighted by molar-refractivity contribution is 7.39. The number of aliphatic hydroxyl groups excluding tert-OH is 1. The zero-order valence-corrected chi connectivity index (χ0v) is 20.3. The van der Waals surface area contributed by atoms with E-state index in [1.54, 1.807) is 12.1 Å². The van der Waals surface area contributed by atoms with Crippen molar-refractivity contribution >= 4 is 14.0 Å². The van der Waals surface area contributed by atoms with Gasteiger partial charge in [-0.1, -0.05) is 56.0 Å². The summed E-state index contributed by atoms with van der Waals surface area (Å²) in [5, 5.41) is 18.3. The summed E-state index contributed by atoms with van der Waals surface area (Å²) in [6.45, 7) is 3.91. The predicted molar refractivity (Wildman–Crippen MR) is 133 cm³/mol. The topological polar surface area (TPSA) is 96.7 Å². The van der Waals surface area contributed by atoms with Gasteiger partial charge in [0.1, 0.15) is 11.9 Å². The first-order chi connectivity index (χ1) is 16.7. The number of aliphatic hydroxyl groups is 1. The molecule has 0 radical (unpaired) electrons. The smallest absolute Gasteiger partial charge is 0.481 e. The Hall–Kier alpha value is -3.43. The summed E-state index contributed by atoms with van der Waals surface area (Å²) in [6, 6.07) is 17.8. The van der Waals surface area contributed by atoms with Gasteiger partial charge >= 0.3 is 14.0 Å². The van der Waals surface area contributed by atoms with Crippen LogP contribution in [0.4, 0.5) is 4.39 Å². The van der Waals surface area contributed by atoms with E-state index in [0.29, 0.717) is 16.8 Å². The van der Waals surface area contributed by atoms with Crippen LogP contribution < -0.4 is 0 Å². The summed E-state index contributed by atoms with van der Waals surface area (Å²) in [7, 11) is -2.26. The summed E-state index contributed by atoms with van der Waals surface area (Å²) in [6.07, 6.45) is -2.04. The highest BCUT2D eigenvalue weighted by atomic mass is 31.1. The van der Waals surface area contributed by atoms with Crippen molar-refractivity contribution in [2.45, 2.75) is 32.3 Å². The standard InChI is InChI=1S/C27H25FNO5P/c1-18(2)24-16-25(19-7-4-3-5-8-19)29-27(20-10-12-21(28)13-11-20)23(24)9-6-14-34-35(33)17-22(30)15-26(31)32/h3-5,7-8,10-13,16,18,22,30H,14-15,17H2,1-2H3/p+1/t22-/m0/s1. The van der Waals surface area contributed by atoms with Gasteiger partial charge < -0.3 is 10.2 Å². The van der Waals surface area contributed by atoms with Crippen molar-refractivity contribution in [2.24, 2.45) is 0 Å². The van der Waals surface area contributed by atoms with Crippen molar-refractivity contribution in [3.63, 3.8) is 0 Å². The number of hydrogen-bond acceptors (Lipinski definition) is 5. The first-order valence-corrected chi connectivity index (χ1v) is 12.4. The Bertz CT molecular complexity index is 1250. The molecule has 0 spiro atoms. The highest BCUT2D eigenvalue weighted by Gasteiger charge is 2.25. The normalized spacial score (nSPS) is 12.1. The van der Waals surface area contributed by atoms with Gasteiger partial charge in [0.2, 0.25) is 6.16 Å². The van der Waals surface area contributed by atoms with Crippen LogP contribution in [0.2, 0.25) is 0 Å². The van der Waals surface area contributed by atoms with E-state index in [0.717, 1.165) is 16.8 Å². The van der Waals surface area contributed by atoms with Crippen molar-refractivity contribution in [3.05, 3.63) is 77.6 Å². The Kier molecular flexibility index (Phi) is 9.22. The molecule has 3 aromatic rings. The molecule has 2 atom stereocenters. The van der Waals surface area contributed by atoms with Gasteiger partial charge in [-0.05, 0) is 46.4 Å². The second-order valence-corrected chi connectivity index (χ2v) is 9.48. The molecule has 0 bridgehead atoms. The maximum absolute atomic E-state index is 13.6. The minimum atomic E-state index is -2.26. The monoisotopic (exact) mass is 494 g/mol. The number of carboxylic acid groups (broad SMARTS) is 1. The maximum Gasteiger partial charge on any atom is 0.511 e. The van der Waals surface area contributed by atoms with Gasteiger partial charge in [-0.25, -0.2) is 9.37 Å². The number of aliphatic carboxylic acids is 1. The molecule has 0 saturated carbocycles. The molecule has 0 saturated heterocycles. The summed E-state index contributed by atoms with van der Waals surface area (Å²) in [4.78, 5) is 15.5. The van der Waals surface area contributed by atoms with Gasteiger partial charge in [0, 0.05) is 11.1 Å². The van der Waals surface area contributed by atoms with Gasteiger partial charge in [-0.2, -0.15) is 0 Å². The molecule has 6 nitrogen and oxygen atoms in total.